The maximum absolute atomic E-state index is 13.0. The molecule has 0 spiro atoms. The van der Waals surface area contributed by atoms with Crippen molar-refractivity contribution in [2.75, 3.05) is 6.61 Å². The Hall–Kier alpha value is -3.25. The Bertz CT molecular complexity index is 1180. The largest absolute Gasteiger partial charge is 0.462 e. The van der Waals surface area contributed by atoms with E-state index < -0.39 is 11.9 Å². The number of ether oxygens (including phenoxy) is 2. The highest BCUT2D eigenvalue weighted by molar-refractivity contribution is 6.30. The number of pyridine rings is 1. The summed E-state index contributed by atoms with van der Waals surface area (Å²) in [5.41, 5.74) is 7.40. The molecule has 1 aliphatic rings. The van der Waals surface area contributed by atoms with Crippen molar-refractivity contribution in [1.82, 2.24) is 4.98 Å². The summed E-state index contributed by atoms with van der Waals surface area (Å²) in [6, 6.07) is 14.2. The minimum atomic E-state index is -0.769. The second kappa shape index (κ2) is 7.05. The molecule has 28 heavy (non-hydrogen) atoms. The summed E-state index contributed by atoms with van der Waals surface area (Å²) in [7, 11) is 0. The Morgan fingerprint density at radius 3 is 2.79 bits per heavy atom. The molecule has 0 bridgehead atoms. The number of esters is 1. The molecule has 3 aromatic rings. The zero-order valence-corrected chi connectivity index (χ0v) is 15.7. The second-order valence-corrected chi connectivity index (χ2v) is 6.77. The van der Waals surface area contributed by atoms with Crippen LogP contribution < -0.4 is 16.0 Å². The van der Waals surface area contributed by atoms with Crippen LogP contribution in [0.2, 0.25) is 5.02 Å². The monoisotopic (exact) mass is 396 g/mol. The van der Waals surface area contributed by atoms with E-state index in [2.05, 4.69) is 4.98 Å². The van der Waals surface area contributed by atoms with Gasteiger partial charge in [0.1, 0.15) is 11.3 Å². The minimum Gasteiger partial charge on any atom is -0.462 e. The van der Waals surface area contributed by atoms with Gasteiger partial charge >= 0.3 is 5.97 Å². The summed E-state index contributed by atoms with van der Waals surface area (Å²) in [4.78, 5) is 28.5. The fourth-order valence-corrected chi connectivity index (χ4v) is 3.70. The number of carbonyl (C=O) groups excluding carboxylic acids is 1. The van der Waals surface area contributed by atoms with Crippen molar-refractivity contribution in [3.05, 3.63) is 86.5 Å². The third kappa shape index (κ3) is 2.92. The van der Waals surface area contributed by atoms with Crippen molar-refractivity contribution in [3.63, 3.8) is 0 Å². The lowest BCUT2D eigenvalue weighted by Crippen LogP contribution is -2.32. The van der Waals surface area contributed by atoms with Crippen LogP contribution in [0.4, 0.5) is 0 Å². The highest BCUT2D eigenvalue weighted by atomic mass is 35.5. The molecular formula is C21H17ClN2O4. The number of rotatable bonds is 3. The summed E-state index contributed by atoms with van der Waals surface area (Å²) < 4.78 is 11.0. The number of H-pyrrole nitrogens is 1. The third-order valence-electron chi connectivity index (χ3n) is 4.64. The number of halogens is 1. The number of aromatic amines is 1. The topological polar surface area (TPSA) is 94.4 Å². The number of benzene rings is 2. The van der Waals surface area contributed by atoms with Gasteiger partial charge in [0.25, 0.3) is 5.56 Å². The summed E-state index contributed by atoms with van der Waals surface area (Å²) >= 11 is 6.17. The van der Waals surface area contributed by atoms with Crippen LogP contribution >= 0.6 is 11.6 Å². The number of hydrogen-bond acceptors (Lipinski definition) is 5. The van der Waals surface area contributed by atoms with E-state index in [4.69, 9.17) is 26.8 Å². The second-order valence-electron chi connectivity index (χ2n) is 6.33. The molecule has 4 rings (SSSR count). The molecule has 0 amide bonds. The van der Waals surface area contributed by atoms with Crippen LogP contribution in [0.15, 0.2) is 64.8 Å². The third-order valence-corrected chi connectivity index (χ3v) is 4.88. The van der Waals surface area contributed by atoms with Crippen molar-refractivity contribution < 1.29 is 14.3 Å². The van der Waals surface area contributed by atoms with Gasteiger partial charge < -0.3 is 20.2 Å². The van der Waals surface area contributed by atoms with E-state index in [0.717, 1.165) is 0 Å². The maximum Gasteiger partial charge on any atom is 0.340 e. The van der Waals surface area contributed by atoms with Crippen LogP contribution in [0.1, 0.15) is 24.0 Å². The average molecular weight is 397 g/mol. The van der Waals surface area contributed by atoms with Crippen molar-refractivity contribution in [3.8, 4) is 5.75 Å². The van der Waals surface area contributed by atoms with Crippen molar-refractivity contribution in [1.29, 1.82) is 0 Å². The normalized spacial score (nSPS) is 15.9. The Kier molecular flexibility index (Phi) is 4.57. The molecule has 0 radical (unpaired) electrons. The van der Waals surface area contributed by atoms with E-state index in [1.807, 2.05) is 18.2 Å². The standard InChI is InChI=1S/C21H17ClN2O4/c1-2-27-21(26)17-15(11-6-5-7-12(22)10-11)16-18(28-19(17)23)13-8-3-4-9-14(13)24-20(16)25/h3-10,15H,2,23H2,1H3,(H,24,25). The fraction of sp³-hybridized carbons (Fsp3) is 0.143. The molecule has 0 fully saturated rings. The SMILES string of the molecule is CCOC(=O)C1=C(N)Oc2c(c(=O)[nH]c3ccccc23)C1c1cccc(Cl)c1. The fourth-order valence-electron chi connectivity index (χ4n) is 3.50. The molecule has 142 valence electrons. The van der Waals surface area contributed by atoms with Gasteiger partial charge in [-0.25, -0.2) is 4.79 Å². The van der Waals surface area contributed by atoms with Crippen LogP contribution in [0.3, 0.4) is 0 Å². The molecule has 0 saturated heterocycles. The molecule has 0 saturated carbocycles. The van der Waals surface area contributed by atoms with E-state index in [9.17, 15) is 9.59 Å². The average Bonchev–Trinajstić information content (AvgIpc) is 2.67. The molecule has 7 heteroatoms. The minimum absolute atomic E-state index is 0.0809. The van der Waals surface area contributed by atoms with Crippen molar-refractivity contribution >= 4 is 28.5 Å². The number of aromatic nitrogens is 1. The molecule has 1 atom stereocenters. The van der Waals surface area contributed by atoms with Crippen molar-refractivity contribution in [2.24, 2.45) is 5.73 Å². The van der Waals surface area contributed by atoms with E-state index in [1.165, 1.54) is 0 Å². The van der Waals surface area contributed by atoms with Gasteiger partial charge in [-0.15, -0.1) is 0 Å². The molecule has 6 nitrogen and oxygen atoms in total. The van der Waals surface area contributed by atoms with Crippen LogP contribution in [-0.2, 0) is 9.53 Å². The molecule has 3 N–H and O–H groups in total. The lowest BCUT2D eigenvalue weighted by Gasteiger charge is -2.28. The smallest absolute Gasteiger partial charge is 0.340 e. The van der Waals surface area contributed by atoms with Gasteiger partial charge in [0.05, 0.1) is 23.6 Å². The summed E-state index contributed by atoms with van der Waals surface area (Å²) in [6.07, 6.45) is 0. The lowest BCUT2D eigenvalue weighted by molar-refractivity contribution is -0.139. The van der Waals surface area contributed by atoms with E-state index >= 15 is 0 Å². The zero-order chi connectivity index (χ0) is 19.8. The van der Waals surface area contributed by atoms with Crippen LogP contribution in [0.5, 0.6) is 5.75 Å². The van der Waals surface area contributed by atoms with E-state index in [0.29, 0.717) is 32.8 Å². The number of hydrogen-bond donors (Lipinski definition) is 2. The van der Waals surface area contributed by atoms with Gasteiger partial charge in [-0.05, 0) is 36.8 Å². The Balaban J connectivity index is 2.05. The number of nitrogens with two attached hydrogens (primary N) is 1. The van der Waals surface area contributed by atoms with Gasteiger partial charge in [-0.2, -0.15) is 0 Å². The first-order valence-electron chi connectivity index (χ1n) is 8.76. The molecule has 2 heterocycles. The molecule has 1 aliphatic heterocycles. The predicted molar refractivity (Wildman–Crippen MR) is 106 cm³/mol. The Morgan fingerprint density at radius 1 is 1.25 bits per heavy atom. The lowest BCUT2D eigenvalue weighted by atomic mass is 9.83. The molecule has 2 aromatic carbocycles. The zero-order valence-electron chi connectivity index (χ0n) is 15.0. The number of para-hydroxylation sites is 1. The van der Waals surface area contributed by atoms with E-state index in [-0.39, 0.29) is 23.6 Å². The first-order chi connectivity index (χ1) is 13.5. The highest BCUT2D eigenvalue weighted by Crippen LogP contribution is 2.43. The van der Waals surface area contributed by atoms with Gasteiger partial charge in [0.2, 0.25) is 5.88 Å². The van der Waals surface area contributed by atoms with Crippen molar-refractivity contribution in [2.45, 2.75) is 12.8 Å². The van der Waals surface area contributed by atoms with Gasteiger partial charge in [-0.1, -0.05) is 35.9 Å². The summed E-state index contributed by atoms with van der Waals surface area (Å²) in [6.45, 7) is 1.86. The summed E-state index contributed by atoms with van der Waals surface area (Å²) in [5.74, 6) is -1.17. The predicted octanol–water partition coefficient (Wildman–Crippen LogP) is 3.44. The number of carbonyl (C=O) groups is 1. The molecule has 0 aliphatic carbocycles. The van der Waals surface area contributed by atoms with Crippen LogP contribution in [0.25, 0.3) is 10.9 Å². The number of nitrogens with one attached hydrogen (secondary N) is 1. The van der Waals surface area contributed by atoms with Gasteiger partial charge in [-0.3, -0.25) is 4.79 Å². The quantitative estimate of drug-likeness (QED) is 0.661. The summed E-state index contributed by atoms with van der Waals surface area (Å²) in [5, 5.41) is 1.17. The number of fused-ring (bicyclic) bond motifs is 3. The Morgan fingerprint density at radius 2 is 2.04 bits per heavy atom. The van der Waals surface area contributed by atoms with Crippen LogP contribution in [-0.4, -0.2) is 17.6 Å². The first-order valence-corrected chi connectivity index (χ1v) is 9.14. The van der Waals surface area contributed by atoms with Crippen LogP contribution in [0, 0.1) is 0 Å². The van der Waals surface area contributed by atoms with Gasteiger partial charge in [0.15, 0.2) is 0 Å². The highest BCUT2D eigenvalue weighted by Gasteiger charge is 2.38. The maximum atomic E-state index is 13.0. The van der Waals surface area contributed by atoms with Gasteiger partial charge in [0, 0.05) is 10.4 Å². The first kappa shape index (κ1) is 18.1. The molecular weight excluding hydrogens is 380 g/mol. The van der Waals surface area contributed by atoms with E-state index in [1.54, 1.807) is 37.3 Å². The Labute approximate surface area is 165 Å². The molecule has 1 aromatic heterocycles. The molecule has 1 unspecified atom stereocenters.